The van der Waals surface area contributed by atoms with Crippen LogP contribution in [0.3, 0.4) is 0 Å². The Balaban J connectivity index is 3.10. The molecule has 86 valence electrons. The lowest BCUT2D eigenvalue weighted by atomic mass is 9.81. The van der Waals surface area contributed by atoms with Crippen LogP contribution in [0.25, 0.3) is 0 Å². The minimum atomic E-state index is -2.82. The first-order valence-electron chi connectivity index (χ1n) is 5.14. The van der Waals surface area contributed by atoms with Crippen LogP contribution in [-0.4, -0.2) is 18.2 Å². The molecule has 2 nitrogen and oxygen atoms in total. The normalized spacial score (nSPS) is 22.5. The predicted octanol–water partition coefficient (Wildman–Crippen LogP) is 2.75. The predicted molar refractivity (Wildman–Crippen MR) is 58.2 cm³/mol. The van der Waals surface area contributed by atoms with E-state index in [-0.39, 0.29) is 12.1 Å². The average Bonchev–Trinajstić information content (AvgIpc) is 2.06. The largest absolute Gasteiger partial charge is 0.404 e. The maximum absolute atomic E-state index is 13.6. The molecule has 0 saturated heterocycles. The fourth-order valence-electron chi connectivity index (χ4n) is 1.69. The van der Waals surface area contributed by atoms with Gasteiger partial charge in [-0.3, -0.25) is 4.99 Å². The third-order valence-electron chi connectivity index (χ3n) is 2.50. The van der Waals surface area contributed by atoms with Crippen molar-refractivity contribution in [3.05, 3.63) is 11.8 Å². The first-order chi connectivity index (χ1) is 6.79. The minimum Gasteiger partial charge on any atom is -0.404 e. The molecule has 15 heavy (non-hydrogen) atoms. The lowest BCUT2D eigenvalue weighted by molar-refractivity contribution is 0.0607. The van der Waals surface area contributed by atoms with Gasteiger partial charge in [0.05, 0.1) is 0 Å². The Hall–Kier alpha value is -0.930. The van der Waals surface area contributed by atoms with E-state index in [0.717, 1.165) is 0 Å². The van der Waals surface area contributed by atoms with Crippen molar-refractivity contribution in [3.63, 3.8) is 0 Å². The van der Waals surface area contributed by atoms with Gasteiger partial charge in [-0.15, -0.1) is 0 Å². The maximum Gasteiger partial charge on any atom is 0.289 e. The summed E-state index contributed by atoms with van der Waals surface area (Å²) in [6.07, 6.45) is 1.58. The Kier molecular flexibility index (Phi) is 3.16. The van der Waals surface area contributed by atoms with Gasteiger partial charge >= 0.3 is 0 Å². The van der Waals surface area contributed by atoms with Crippen LogP contribution in [0.2, 0.25) is 0 Å². The summed E-state index contributed by atoms with van der Waals surface area (Å²) in [5.41, 5.74) is 5.37. The highest BCUT2D eigenvalue weighted by Crippen LogP contribution is 2.36. The van der Waals surface area contributed by atoms with Crippen LogP contribution in [-0.2, 0) is 0 Å². The summed E-state index contributed by atoms with van der Waals surface area (Å²) in [4.78, 5) is 3.94. The number of hydrogen-bond donors (Lipinski definition) is 1. The van der Waals surface area contributed by atoms with E-state index >= 15 is 0 Å². The summed E-state index contributed by atoms with van der Waals surface area (Å²) in [5, 5.41) is 0. The van der Waals surface area contributed by atoms with Crippen molar-refractivity contribution < 1.29 is 8.78 Å². The van der Waals surface area contributed by atoms with Gasteiger partial charge in [0.2, 0.25) is 0 Å². The summed E-state index contributed by atoms with van der Waals surface area (Å²) < 4.78 is 27.2. The number of nitrogens with zero attached hydrogens (tertiary/aromatic N) is 1. The molecule has 0 aliphatic carbocycles. The van der Waals surface area contributed by atoms with E-state index in [0.29, 0.717) is 18.5 Å². The molecule has 2 N–H and O–H groups in total. The fraction of sp³-hybridized carbons (Fsp3) is 0.727. The van der Waals surface area contributed by atoms with Crippen LogP contribution in [0.5, 0.6) is 0 Å². The smallest absolute Gasteiger partial charge is 0.289 e. The molecule has 0 fully saturated rings. The molecule has 0 aromatic heterocycles. The second kappa shape index (κ2) is 3.91. The zero-order valence-electron chi connectivity index (χ0n) is 9.48. The van der Waals surface area contributed by atoms with Crippen molar-refractivity contribution >= 4 is 5.71 Å². The van der Waals surface area contributed by atoms with Crippen molar-refractivity contribution in [1.29, 1.82) is 0 Å². The Morgan fingerprint density at radius 1 is 1.47 bits per heavy atom. The Labute approximate surface area is 89.3 Å². The Morgan fingerprint density at radius 3 is 2.47 bits per heavy atom. The van der Waals surface area contributed by atoms with Crippen LogP contribution >= 0.6 is 0 Å². The summed E-state index contributed by atoms with van der Waals surface area (Å²) >= 11 is 0. The molecule has 0 bridgehead atoms. The third kappa shape index (κ3) is 2.55. The highest BCUT2D eigenvalue weighted by atomic mass is 19.3. The van der Waals surface area contributed by atoms with Crippen molar-refractivity contribution in [3.8, 4) is 0 Å². The van der Waals surface area contributed by atoms with Gasteiger partial charge < -0.3 is 5.73 Å². The zero-order valence-corrected chi connectivity index (χ0v) is 9.48. The number of hydrogen-bond acceptors (Lipinski definition) is 2. The van der Waals surface area contributed by atoms with Crippen LogP contribution in [0.4, 0.5) is 8.78 Å². The molecule has 1 heterocycles. The van der Waals surface area contributed by atoms with Gasteiger partial charge in [0.1, 0.15) is 5.71 Å². The first-order valence-corrected chi connectivity index (χ1v) is 5.14. The van der Waals surface area contributed by atoms with Gasteiger partial charge in [-0.2, -0.15) is 8.78 Å². The number of alkyl halides is 2. The Bertz CT molecular complexity index is 298. The minimum absolute atomic E-state index is 0.122. The summed E-state index contributed by atoms with van der Waals surface area (Å²) in [7, 11) is 0. The second-order valence-electron chi connectivity index (χ2n) is 4.87. The number of aliphatic imine (C=N–C) groups is 1. The fourth-order valence-corrected chi connectivity index (χ4v) is 1.69. The van der Waals surface area contributed by atoms with Gasteiger partial charge in [-0.25, -0.2) is 0 Å². The van der Waals surface area contributed by atoms with Crippen molar-refractivity contribution in [2.24, 2.45) is 16.1 Å². The molecular formula is C11H18F2N2. The molecular weight excluding hydrogens is 198 g/mol. The van der Waals surface area contributed by atoms with Crippen molar-refractivity contribution in [2.45, 2.75) is 39.5 Å². The lowest BCUT2D eigenvalue weighted by Crippen LogP contribution is -2.37. The molecule has 1 rings (SSSR count). The maximum atomic E-state index is 13.6. The van der Waals surface area contributed by atoms with Crippen LogP contribution in [0, 0.1) is 5.41 Å². The molecule has 1 aliphatic rings. The molecule has 0 spiro atoms. The second-order valence-corrected chi connectivity index (χ2v) is 4.87. The first kappa shape index (κ1) is 12.1. The van der Waals surface area contributed by atoms with Gasteiger partial charge in [0, 0.05) is 18.5 Å². The SMILES string of the molecule is CC(C)(C)/C(=C/N)C1=NCCCC1(F)F. The third-order valence-corrected chi connectivity index (χ3v) is 2.50. The zero-order chi connectivity index (χ0) is 11.7. The van der Waals surface area contributed by atoms with Gasteiger partial charge in [-0.05, 0) is 18.0 Å². The lowest BCUT2D eigenvalue weighted by Gasteiger charge is -2.30. The number of allylic oxidation sites excluding steroid dienone is 1. The van der Waals surface area contributed by atoms with Gasteiger partial charge in [0.15, 0.2) is 0 Å². The van der Waals surface area contributed by atoms with Crippen LogP contribution in [0.1, 0.15) is 33.6 Å². The molecule has 0 aromatic rings. The monoisotopic (exact) mass is 216 g/mol. The van der Waals surface area contributed by atoms with Crippen LogP contribution in [0.15, 0.2) is 16.8 Å². The molecule has 4 heteroatoms. The quantitative estimate of drug-likeness (QED) is 0.719. The van der Waals surface area contributed by atoms with E-state index in [1.165, 1.54) is 6.20 Å². The molecule has 1 aliphatic heterocycles. The van der Waals surface area contributed by atoms with E-state index in [9.17, 15) is 8.78 Å². The van der Waals surface area contributed by atoms with Crippen molar-refractivity contribution in [1.82, 2.24) is 0 Å². The summed E-state index contributed by atoms with van der Waals surface area (Å²) in [6.45, 7) is 6.05. The summed E-state index contributed by atoms with van der Waals surface area (Å²) in [6, 6.07) is 0. The number of nitrogens with two attached hydrogens (primary N) is 1. The molecule has 0 unspecified atom stereocenters. The Morgan fingerprint density at radius 2 is 2.07 bits per heavy atom. The highest BCUT2D eigenvalue weighted by molar-refractivity contribution is 6.06. The number of rotatable bonds is 1. The molecule has 0 saturated carbocycles. The topological polar surface area (TPSA) is 38.4 Å². The molecule has 0 radical (unpaired) electrons. The van der Waals surface area contributed by atoms with E-state index in [1.54, 1.807) is 0 Å². The summed E-state index contributed by atoms with van der Waals surface area (Å²) in [5.74, 6) is -2.82. The van der Waals surface area contributed by atoms with Crippen LogP contribution < -0.4 is 5.73 Å². The van der Waals surface area contributed by atoms with Gasteiger partial charge in [-0.1, -0.05) is 20.8 Å². The standard InChI is InChI=1S/C11H18F2N2/c1-10(2,3)8(7-14)9-11(12,13)5-4-6-15-9/h7H,4-6,14H2,1-3H3/b8-7+. The van der Waals surface area contributed by atoms with E-state index in [1.807, 2.05) is 20.8 Å². The van der Waals surface area contributed by atoms with Crippen molar-refractivity contribution in [2.75, 3.05) is 6.54 Å². The molecule has 0 amide bonds. The molecule has 0 aromatic carbocycles. The van der Waals surface area contributed by atoms with E-state index < -0.39 is 11.3 Å². The number of halogens is 2. The van der Waals surface area contributed by atoms with E-state index in [4.69, 9.17) is 5.73 Å². The van der Waals surface area contributed by atoms with E-state index in [2.05, 4.69) is 4.99 Å². The highest BCUT2D eigenvalue weighted by Gasteiger charge is 2.42. The molecule has 0 atom stereocenters. The average molecular weight is 216 g/mol. The van der Waals surface area contributed by atoms with Gasteiger partial charge in [0.25, 0.3) is 5.92 Å².